The summed E-state index contributed by atoms with van der Waals surface area (Å²) in [6, 6.07) is 0. The van der Waals surface area contributed by atoms with Crippen molar-refractivity contribution in [3.63, 3.8) is 0 Å². The molecule has 0 aromatic carbocycles. The number of carboxylic acid groups (broad SMARTS) is 1. The summed E-state index contributed by atoms with van der Waals surface area (Å²) in [5.74, 6) is -1.55. The molecule has 0 aliphatic rings. The third-order valence-electron chi connectivity index (χ3n) is 1.43. The molecule has 1 atom stereocenters. The quantitative estimate of drug-likeness (QED) is 0.577. The van der Waals surface area contributed by atoms with E-state index >= 15 is 0 Å². The molecule has 0 fully saturated rings. The molecule has 0 heterocycles. The topological polar surface area (TPSA) is 74.6 Å². The Morgan fingerprint density at radius 3 is 2.42 bits per heavy atom. The lowest BCUT2D eigenvalue weighted by atomic mass is 10.1. The van der Waals surface area contributed by atoms with Gasteiger partial charge >= 0.3 is 5.97 Å². The average Bonchev–Trinajstić information content (AvgIpc) is 1.84. The van der Waals surface area contributed by atoms with Crippen molar-refractivity contribution in [1.82, 2.24) is 0 Å². The minimum absolute atomic E-state index is 0.0415. The Bertz CT molecular complexity index is 164. The molecule has 2 N–H and O–H groups in total. The van der Waals surface area contributed by atoms with E-state index in [2.05, 4.69) is 0 Å². The van der Waals surface area contributed by atoms with E-state index in [-0.39, 0.29) is 6.42 Å². The van der Waals surface area contributed by atoms with Gasteiger partial charge in [0.05, 0.1) is 6.10 Å². The van der Waals surface area contributed by atoms with Crippen LogP contribution in [0.1, 0.15) is 32.6 Å². The van der Waals surface area contributed by atoms with Crippen LogP contribution in [-0.2, 0) is 9.59 Å². The van der Waals surface area contributed by atoms with Crippen LogP contribution in [0.4, 0.5) is 0 Å². The molecule has 0 aromatic rings. The van der Waals surface area contributed by atoms with Crippen LogP contribution in [0.3, 0.4) is 0 Å². The highest BCUT2D eigenvalue weighted by Gasteiger charge is 2.12. The number of aliphatic hydroxyl groups excluding tert-OH is 1. The highest BCUT2D eigenvalue weighted by molar-refractivity contribution is 5.94. The van der Waals surface area contributed by atoms with Crippen molar-refractivity contribution in [1.29, 1.82) is 0 Å². The lowest BCUT2D eigenvalue weighted by Crippen LogP contribution is -2.15. The highest BCUT2D eigenvalue weighted by Crippen LogP contribution is 2.03. The maximum atomic E-state index is 10.8. The number of carbonyl (C=O) groups is 2. The van der Waals surface area contributed by atoms with Crippen LogP contribution in [0, 0.1) is 0 Å². The number of carboxylic acids is 1. The van der Waals surface area contributed by atoms with Crippen molar-refractivity contribution < 1.29 is 19.8 Å². The highest BCUT2D eigenvalue weighted by atomic mass is 16.4. The molecule has 0 bridgehead atoms. The summed E-state index contributed by atoms with van der Waals surface area (Å²) in [6.07, 6.45) is 0.134. The van der Waals surface area contributed by atoms with Crippen molar-refractivity contribution in [3.8, 4) is 0 Å². The Morgan fingerprint density at radius 1 is 1.42 bits per heavy atom. The maximum Gasteiger partial charge on any atom is 0.310 e. The van der Waals surface area contributed by atoms with Crippen molar-refractivity contribution in [3.05, 3.63) is 0 Å². The summed E-state index contributed by atoms with van der Waals surface area (Å²) in [7, 11) is 0. The van der Waals surface area contributed by atoms with Gasteiger partial charge in [0.2, 0.25) is 0 Å². The number of Topliss-reactive ketones (excluding diaryl/α,β-unsaturated/α-hetero) is 1. The number of hydrogen-bond donors (Lipinski definition) is 2. The van der Waals surface area contributed by atoms with Gasteiger partial charge in [-0.2, -0.15) is 0 Å². The van der Waals surface area contributed by atoms with E-state index < -0.39 is 24.3 Å². The second-order valence-corrected chi connectivity index (χ2v) is 2.76. The first-order chi connectivity index (χ1) is 5.56. The smallest absolute Gasteiger partial charge is 0.310 e. The summed E-state index contributed by atoms with van der Waals surface area (Å²) in [4.78, 5) is 20.8. The zero-order valence-corrected chi connectivity index (χ0v) is 7.12. The zero-order valence-electron chi connectivity index (χ0n) is 7.12. The van der Waals surface area contributed by atoms with E-state index in [1.54, 1.807) is 0 Å². The van der Waals surface area contributed by atoms with Crippen molar-refractivity contribution in [2.75, 3.05) is 0 Å². The van der Waals surface area contributed by atoms with E-state index in [9.17, 15) is 9.59 Å². The van der Waals surface area contributed by atoms with Crippen molar-refractivity contribution in [2.45, 2.75) is 38.7 Å². The molecule has 0 aliphatic heterocycles. The fourth-order valence-electron chi connectivity index (χ4n) is 0.939. The molecule has 70 valence electrons. The number of aliphatic carboxylic acids is 1. The molecule has 4 nitrogen and oxygen atoms in total. The van der Waals surface area contributed by atoms with Crippen LogP contribution in [0.15, 0.2) is 0 Å². The molecule has 0 saturated heterocycles. The van der Waals surface area contributed by atoms with Gasteiger partial charge in [-0.3, -0.25) is 9.59 Å². The van der Waals surface area contributed by atoms with Crippen LogP contribution >= 0.6 is 0 Å². The predicted octanol–water partition coefficient (Wildman–Crippen LogP) is 0.581. The van der Waals surface area contributed by atoms with Crippen LogP contribution < -0.4 is 0 Å². The summed E-state index contributed by atoms with van der Waals surface area (Å²) in [5.41, 5.74) is 0. The average molecular weight is 174 g/mol. The predicted molar refractivity (Wildman–Crippen MR) is 42.8 cm³/mol. The summed E-state index contributed by atoms with van der Waals surface area (Å²) < 4.78 is 0. The maximum absolute atomic E-state index is 10.8. The van der Waals surface area contributed by atoms with Gasteiger partial charge in [-0.05, 0) is 6.42 Å². The molecule has 0 radical (unpaired) electrons. The van der Waals surface area contributed by atoms with Gasteiger partial charge < -0.3 is 10.2 Å². The van der Waals surface area contributed by atoms with Crippen LogP contribution in [0.5, 0.6) is 0 Å². The second kappa shape index (κ2) is 5.71. The number of aliphatic hydroxyl groups is 1. The molecular weight excluding hydrogens is 160 g/mol. The second-order valence-electron chi connectivity index (χ2n) is 2.76. The van der Waals surface area contributed by atoms with Gasteiger partial charge in [-0.1, -0.05) is 13.3 Å². The standard InChI is InChI=1S/C8H14O4/c1-2-3-6(9)4-7(10)5-8(11)12/h6,9H,2-5H2,1H3,(H,11,12). The van der Waals surface area contributed by atoms with E-state index in [1.807, 2.05) is 6.92 Å². The Kier molecular flexibility index (Phi) is 5.28. The summed E-state index contributed by atoms with van der Waals surface area (Å²) in [6.45, 7) is 1.89. The SMILES string of the molecule is CCCC(O)CC(=O)CC(=O)O. The fourth-order valence-corrected chi connectivity index (χ4v) is 0.939. The van der Waals surface area contributed by atoms with Gasteiger partial charge in [0.25, 0.3) is 0 Å². The molecule has 0 amide bonds. The first-order valence-corrected chi connectivity index (χ1v) is 3.97. The minimum Gasteiger partial charge on any atom is -0.481 e. The molecule has 0 spiro atoms. The Morgan fingerprint density at radius 2 is 2.00 bits per heavy atom. The molecule has 0 rings (SSSR count). The Balaban J connectivity index is 3.61. The minimum atomic E-state index is -1.14. The normalized spacial score (nSPS) is 12.5. The van der Waals surface area contributed by atoms with E-state index in [4.69, 9.17) is 10.2 Å². The fraction of sp³-hybridized carbons (Fsp3) is 0.750. The van der Waals surface area contributed by atoms with Crippen LogP contribution in [0.2, 0.25) is 0 Å². The third-order valence-corrected chi connectivity index (χ3v) is 1.43. The van der Waals surface area contributed by atoms with Crippen molar-refractivity contribution in [2.24, 2.45) is 0 Å². The van der Waals surface area contributed by atoms with E-state index in [0.717, 1.165) is 6.42 Å². The number of carbonyl (C=O) groups excluding carboxylic acids is 1. The Hall–Kier alpha value is -0.900. The van der Waals surface area contributed by atoms with Gasteiger partial charge in [-0.25, -0.2) is 0 Å². The first kappa shape index (κ1) is 11.1. The Labute approximate surface area is 71.2 Å². The van der Waals surface area contributed by atoms with E-state index in [1.165, 1.54) is 0 Å². The molecule has 0 saturated carbocycles. The van der Waals surface area contributed by atoms with E-state index in [0.29, 0.717) is 6.42 Å². The molecule has 0 aliphatic carbocycles. The molecule has 0 aromatic heterocycles. The van der Waals surface area contributed by atoms with Gasteiger partial charge in [0.15, 0.2) is 0 Å². The largest absolute Gasteiger partial charge is 0.481 e. The van der Waals surface area contributed by atoms with Gasteiger partial charge in [0.1, 0.15) is 12.2 Å². The lowest BCUT2D eigenvalue weighted by Gasteiger charge is -2.05. The van der Waals surface area contributed by atoms with Gasteiger partial charge in [0, 0.05) is 6.42 Å². The molecule has 1 unspecified atom stereocenters. The zero-order chi connectivity index (χ0) is 9.56. The van der Waals surface area contributed by atoms with Crippen LogP contribution in [-0.4, -0.2) is 28.1 Å². The third kappa shape index (κ3) is 5.85. The van der Waals surface area contributed by atoms with Gasteiger partial charge in [-0.15, -0.1) is 0 Å². The first-order valence-electron chi connectivity index (χ1n) is 3.97. The molecular formula is C8H14O4. The summed E-state index contributed by atoms with van der Waals surface area (Å²) in [5, 5.41) is 17.3. The number of rotatable bonds is 6. The van der Waals surface area contributed by atoms with Crippen LogP contribution in [0.25, 0.3) is 0 Å². The lowest BCUT2D eigenvalue weighted by molar-refractivity contribution is -0.140. The number of hydrogen-bond acceptors (Lipinski definition) is 3. The molecule has 12 heavy (non-hydrogen) atoms. The summed E-state index contributed by atoms with van der Waals surface area (Å²) >= 11 is 0. The monoisotopic (exact) mass is 174 g/mol. The number of ketones is 1. The molecule has 4 heteroatoms. The van der Waals surface area contributed by atoms with Crippen molar-refractivity contribution >= 4 is 11.8 Å².